The molecule has 5 rings (SSSR count). The van der Waals surface area contributed by atoms with E-state index in [1.165, 1.54) is 38.8 Å². The largest absolute Gasteiger partial charge is 0.328 e. The Labute approximate surface area is 164 Å². The number of allylic oxidation sites excluding steroid dienone is 1. The molecular formula is C23H20NO3P. The van der Waals surface area contributed by atoms with Gasteiger partial charge in [0.15, 0.2) is 0 Å². The molecule has 5 heteroatoms. The molecule has 0 spiro atoms. The lowest BCUT2D eigenvalue weighted by Crippen LogP contribution is -2.29. The number of hydrogen-bond donors (Lipinski definition) is 2. The first-order valence-corrected chi connectivity index (χ1v) is 10.2. The Kier molecular flexibility index (Phi) is 5.47. The van der Waals surface area contributed by atoms with Crippen LogP contribution in [0, 0.1) is 0 Å². The molecule has 0 saturated carbocycles. The average molecular weight is 389 g/mol. The average Bonchev–Trinajstić information content (AvgIpc) is 3.13. The van der Waals surface area contributed by atoms with Crippen LogP contribution >= 0.6 is 8.60 Å². The summed E-state index contributed by atoms with van der Waals surface area (Å²) in [6.07, 6.45) is 9.21. The molecule has 0 unspecified atom stereocenters. The lowest BCUT2D eigenvalue weighted by molar-refractivity contribution is 0.282. The molecule has 1 aliphatic heterocycles. The van der Waals surface area contributed by atoms with Crippen LogP contribution < -0.4 is 10.6 Å². The van der Waals surface area contributed by atoms with Gasteiger partial charge in [-0.3, -0.25) is 0 Å². The lowest BCUT2D eigenvalue weighted by Gasteiger charge is -2.11. The Morgan fingerprint density at radius 1 is 1.07 bits per heavy atom. The molecule has 0 saturated heterocycles. The highest BCUT2D eigenvalue weighted by Gasteiger charge is 2.19. The first-order chi connectivity index (χ1) is 13.7. The molecule has 4 nitrogen and oxygen atoms in total. The van der Waals surface area contributed by atoms with E-state index in [1.807, 2.05) is 0 Å². The number of nitrogens with zero attached hydrogens (tertiary/aromatic N) is 1. The molecule has 140 valence electrons. The number of rotatable bonds is 3. The number of fused-ring (bicyclic) bond motifs is 8. The van der Waals surface area contributed by atoms with E-state index in [2.05, 4.69) is 77.9 Å². The van der Waals surface area contributed by atoms with E-state index < -0.39 is 8.60 Å². The first kappa shape index (κ1) is 18.7. The van der Waals surface area contributed by atoms with Gasteiger partial charge < -0.3 is 14.3 Å². The molecule has 2 N–H and O–H groups in total. The van der Waals surface area contributed by atoms with Crippen LogP contribution in [0.1, 0.15) is 12.0 Å². The topological polar surface area (TPSA) is 62.0 Å². The SMILES string of the molecule is C1=Cc2c(c3c(c4ccccc24)-c2ccccc2N=3)=CC1.C=CCOP(O)O. The van der Waals surface area contributed by atoms with Gasteiger partial charge in [-0.15, -0.1) is 6.58 Å². The molecule has 28 heavy (non-hydrogen) atoms. The summed E-state index contributed by atoms with van der Waals surface area (Å²) in [6.45, 7) is 3.49. The molecule has 0 bridgehead atoms. The molecule has 3 aromatic carbocycles. The number of hydrogen-bond acceptors (Lipinski definition) is 4. The lowest BCUT2D eigenvalue weighted by atomic mass is 9.91. The van der Waals surface area contributed by atoms with Crippen molar-refractivity contribution in [3.63, 3.8) is 0 Å². The molecule has 3 aromatic rings. The van der Waals surface area contributed by atoms with Gasteiger partial charge in [0.1, 0.15) is 0 Å². The van der Waals surface area contributed by atoms with Gasteiger partial charge in [-0.05, 0) is 28.8 Å². The third kappa shape index (κ3) is 3.44. The summed E-state index contributed by atoms with van der Waals surface area (Å²) in [5.41, 5.74) is 4.96. The number of benzene rings is 3. The molecule has 0 fully saturated rings. The monoisotopic (exact) mass is 389 g/mol. The summed E-state index contributed by atoms with van der Waals surface area (Å²) in [4.78, 5) is 21.0. The molecule has 0 atom stereocenters. The van der Waals surface area contributed by atoms with E-state index in [0.717, 1.165) is 17.5 Å². The standard InChI is InChI=1S/C20H13N.C3H7O3P/c1-3-9-15-13(7-1)14-8-2-4-10-16(14)20-19(15)17-11-5-6-12-18(17)21-20;1-2-3-6-7(4)5/h1-3,5-12H,4H2;2,4-5H,1,3H2. The van der Waals surface area contributed by atoms with Gasteiger partial charge in [-0.2, -0.15) is 0 Å². The van der Waals surface area contributed by atoms with Crippen molar-refractivity contribution in [1.82, 2.24) is 0 Å². The predicted octanol–water partition coefficient (Wildman–Crippen LogP) is 4.37. The summed E-state index contributed by atoms with van der Waals surface area (Å²) < 4.78 is 4.25. The van der Waals surface area contributed by atoms with Crippen LogP contribution in [-0.4, -0.2) is 16.4 Å². The van der Waals surface area contributed by atoms with Gasteiger partial charge in [-0.1, -0.05) is 66.8 Å². The van der Waals surface area contributed by atoms with Gasteiger partial charge in [0.25, 0.3) is 0 Å². The van der Waals surface area contributed by atoms with Gasteiger partial charge in [0.05, 0.1) is 17.7 Å². The fourth-order valence-electron chi connectivity index (χ4n) is 3.64. The molecule has 1 aliphatic carbocycles. The van der Waals surface area contributed by atoms with Crippen LogP contribution in [0.3, 0.4) is 0 Å². The molecular weight excluding hydrogens is 369 g/mol. The first-order valence-electron chi connectivity index (χ1n) is 9.02. The molecule has 1 heterocycles. The summed E-state index contributed by atoms with van der Waals surface area (Å²) in [5, 5.41) is 5.07. The van der Waals surface area contributed by atoms with Crippen molar-refractivity contribution in [2.24, 2.45) is 4.99 Å². The van der Waals surface area contributed by atoms with Gasteiger partial charge in [-0.25, -0.2) is 4.99 Å². The van der Waals surface area contributed by atoms with E-state index in [1.54, 1.807) is 0 Å². The highest BCUT2D eigenvalue weighted by atomic mass is 31.2. The van der Waals surface area contributed by atoms with Crippen LogP contribution in [0.25, 0.3) is 34.1 Å². The fourth-order valence-corrected chi connectivity index (χ4v) is 3.88. The number of para-hydroxylation sites is 1. The van der Waals surface area contributed by atoms with Crippen LogP contribution in [0.4, 0.5) is 5.69 Å². The van der Waals surface area contributed by atoms with Crippen molar-refractivity contribution >= 4 is 37.2 Å². The minimum Gasteiger partial charge on any atom is -0.328 e. The molecule has 0 amide bonds. The second-order valence-corrected chi connectivity index (χ2v) is 7.17. The van der Waals surface area contributed by atoms with Gasteiger partial charge in [0, 0.05) is 16.3 Å². The maximum absolute atomic E-state index is 8.03. The van der Waals surface area contributed by atoms with Crippen LogP contribution in [0.15, 0.2) is 72.3 Å². The third-order valence-electron chi connectivity index (χ3n) is 4.72. The van der Waals surface area contributed by atoms with E-state index in [9.17, 15) is 0 Å². The summed E-state index contributed by atoms with van der Waals surface area (Å²) in [7, 11) is -2.18. The Balaban J connectivity index is 0.000000239. The quantitative estimate of drug-likeness (QED) is 0.404. The Hall–Kier alpha value is -2.62. The molecule has 0 aromatic heterocycles. The Bertz CT molecular complexity index is 1200. The van der Waals surface area contributed by atoms with Crippen molar-refractivity contribution < 1.29 is 14.3 Å². The zero-order chi connectivity index (χ0) is 19.5. The fraction of sp³-hybridized carbons (Fsp3) is 0.0870. The van der Waals surface area contributed by atoms with Crippen molar-refractivity contribution in [3.05, 3.63) is 83.4 Å². The van der Waals surface area contributed by atoms with Gasteiger partial charge in [0.2, 0.25) is 0 Å². The summed E-state index contributed by atoms with van der Waals surface area (Å²) >= 11 is 0. The van der Waals surface area contributed by atoms with E-state index in [0.29, 0.717) is 0 Å². The van der Waals surface area contributed by atoms with Crippen molar-refractivity contribution in [1.29, 1.82) is 0 Å². The van der Waals surface area contributed by atoms with Crippen LogP contribution in [0.2, 0.25) is 0 Å². The highest BCUT2D eigenvalue weighted by molar-refractivity contribution is 7.39. The second kappa shape index (κ2) is 8.17. The predicted molar refractivity (Wildman–Crippen MR) is 115 cm³/mol. The highest BCUT2D eigenvalue weighted by Crippen LogP contribution is 2.36. The van der Waals surface area contributed by atoms with E-state index in [-0.39, 0.29) is 6.61 Å². The van der Waals surface area contributed by atoms with Crippen molar-refractivity contribution in [2.45, 2.75) is 6.42 Å². The zero-order valence-electron chi connectivity index (χ0n) is 15.2. The molecule has 0 radical (unpaired) electrons. The van der Waals surface area contributed by atoms with Crippen molar-refractivity contribution in [2.75, 3.05) is 6.61 Å². The Morgan fingerprint density at radius 2 is 1.82 bits per heavy atom. The Morgan fingerprint density at radius 3 is 2.57 bits per heavy atom. The van der Waals surface area contributed by atoms with Crippen LogP contribution in [0.5, 0.6) is 0 Å². The van der Waals surface area contributed by atoms with Crippen LogP contribution in [-0.2, 0) is 4.52 Å². The van der Waals surface area contributed by atoms with Crippen molar-refractivity contribution in [3.8, 4) is 11.1 Å². The smallest absolute Gasteiger partial charge is 0.327 e. The summed E-state index contributed by atoms with van der Waals surface area (Å²) in [5.74, 6) is 0. The minimum absolute atomic E-state index is 0.193. The maximum atomic E-state index is 8.03. The van der Waals surface area contributed by atoms with E-state index >= 15 is 0 Å². The second-order valence-electron chi connectivity index (χ2n) is 6.40. The van der Waals surface area contributed by atoms with Gasteiger partial charge >= 0.3 is 8.60 Å². The normalized spacial score (nSPS) is 13.0. The zero-order valence-corrected chi connectivity index (χ0v) is 16.1. The molecule has 2 aliphatic rings. The minimum atomic E-state index is -2.18. The van der Waals surface area contributed by atoms with E-state index in [4.69, 9.17) is 14.8 Å². The maximum Gasteiger partial charge on any atom is 0.327 e. The third-order valence-corrected chi connectivity index (χ3v) is 5.10. The summed E-state index contributed by atoms with van der Waals surface area (Å²) in [6, 6.07) is 17.1.